The average molecular weight is 348 g/mol. The van der Waals surface area contributed by atoms with E-state index in [0.717, 1.165) is 18.7 Å². The second kappa shape index (κ2) is 6.94. The molecule has 4 heteroatoms. The van der Waals surface area contributed by atoms with Crippen LogP contribution in [0.25, 0.3) is 16.5 Å². The van der Waals surface area contributed by atoms with Gasteiger partial charge in [0.05, 0.1) is 6.54 Å². The highest BCUT2D eigenvalue weighted by Crippen LogP contribution is 2.30. The summed E-state index contributed by atoms with van der Waals surface area (Å²) in [6.45, 7) is 5.19. The van der Waals surface area contributed by atoms with Crippen molar-refractivity contribution in [1.82, 2.24) is 4.57 Å². The van der Waals surface area contributed by atoms with Gasteiger partial charge in [-0.3, -0.25) is 0 Å². The van der Waals surface area contributed by atoms with E-state index in [1.807, 2.05) is 15.5 Å². The van der Waals surface area contributed by atoms with Gasteiger partial charge in [0.1, 0.15) is 5.69 Å². The van der Waals surface area contributed by atoms with Crippen molar-refractivity contribution in [2.45, 2.75) is 39.7 Å². The van der Waals surface area contributed by atoms with Crippen LogP contribution in [0.15, 0.2) is 42.7 Å². The molecular formula is C19H21Cl2N2+. The lowest BCUT2D eigenvalue weighted by Gasteiger charge is -2.07. The van der Waals surface area contributed by atoms with Crippen LogP contribution in [0, 0.1) is 6.92 Å². The van der Waals surface area contributed by atoms with Gasteiger partial charge in [-0.1, -0.05) is 49.7 Å². The first-order valence-corrected chi connectivity index (χ1v) is 8.83. The van der Waals surface area contributed by atoms with Crippen LogP contribution >= 0.6 is 23.2 Å². The van der Waals surface area contributed by atoms with Crippen LogP contribution < -0.4 is 4.57 Å². The number of aryl methyl sites for hydroxylation is 2. The molecule has 0 N–H and O–H groups in total. The fourth-order valence-electron chi connectivity index (χ4n) is 2.99. The molecule has 0 unspecified atom stereocenters. The van der Waals surface area contributed by atoms with Crippen molar-refractivity contribution < 1.29 is 4.57 Å². The largest absolute Gasteiger partial charge is 0.260 e. The lowest BCUT2D eigenvalue weighted by molar-refractivity contribution is -0.694. The van der Waals surface area contributed by atoms with Crippen LogP contribution in [0.1, 0.15) is 31.7 Å². The summed E-state index contributed by atoms with van der Waals surface area (Å²) < 4.78 is 4.05. The Morgan fingerprint density at radius 1 is 1.04 bits per heavy atom. The molecule has 0 radical (unpaired) electrons. The Bertz CT molecular complexity index is 837. The lowest BCUT2D eigenvalue weighted by Crippen LogP contribution is -2.32. The van der Waals surface area contributed by atoms with Crippen molar-refractivity contribution in [3.05, 3.63) is 58.6 Å². The first kappa shape index (κ1) is 16.4. The van der Waals surface area contributed by atoms with Crippen LogP contribution in [0.2, 0.25) is 10.3 Å². The normalized spacial score (nSPS) is 11.3. The lowest BCUT2D eigenvalue weighted by atomic mass is 10.0. The molecule has 0 aliphatic rings. The third-order valence-corrected chi connectivity index (χ3v) is 5.09. The van der Waals surface area contributed by atoms with Crippen molar-refractivity contribution in [3.8, 4) is 5.69 Å². The number of nitrogens with zero attached hydrogens (tertiary/aromatic N) is 2. The topological polar surface area (TPSA) is 8.81 Å². The molecule has 0 atom stereocenters. The van der Waals surface area contributed by atoms with Gasteiger partial charge < -0.3 is 0 Å². The SMILES string of the molecule is CCCCC[n+]1cn(-c2c(C)ccc3ccccc23)c(Cl)c1Cl. The van der Waals surface area contributed by atoms with Gasteiger partial charge in [-0.25, -0.2) is 4.57 Å². The molecule has 0 saturated heterocycles. The monoisotopic (exact) mass is 347 g/mol. The maximum atomic E-state index is 6.54. The van der Waals surface area contributed by atoms with Crippen molar-refractivity contribution >= 4 is 34.0 Å². The minimum atomic E-state index is 0.572. The maximum absolute atomic E-state index is 6.54. The molecule has 0 saturated carbocycles. The second-order valence-electron chi connectivity index (χ2n) is 5.92. The number of halogens is 2. The number of fused-ring (bicyclic) bond motifs is 1. The molecule has 1 aromatic heterocycles. The van der Waals surface area contributed by atoms with Gasteiger partial charge in [0, 0.05) is 5.39 Å². The summed E-state index contributed by atoms with van der Waals surface area (Å²) in [6.07, 6.45) is 5.51. The first-order chi connectivity index (χ1) is 11.1. The molecule has 120 valence electrons. The fourth-order valence-corrected chi connectivity index (χ4v) is 3.44. The third-order valence-electron chi connectivity index (χ3n) is 4.23. The zero-order valence-electron chi connectivity index (χ0n) is 13.5. The quantitative estimate of drug-likeness (QED) is 0.412. The Labute approximate surface area is 147 Å². The Morgan fingerprint density at radius 3 is 2.61 bits per heavy atom. The van der Waals surface area contributed by atoms with Crippen molar-refractivity contribution in [2.24, 2.45) is 0 Å². The molecule has 0 fully saturated rings. The molecule has 0 spiro atoms. The molecule has 3 rings (SSSR count). The van der Waals surface area contributed by atoms with E-state index in [-0.39, 0.29) is 0 Å². The average Bonchev–Trinajstić information content (AvgIpc) is 2.83. The molecule has 0 bridgehead atoms. The predicted molar refractivity (Wildman–Crippen MR) is 97.8 cm³/mol. The molecule has 2 nitrogen and oxygen atoms in total. The van der Waals surface area contributed by atoms with Gasteiger partial charge in [-0.15, -0.1) is 0 Å². The van der Waals surface area contributed by atoms with Crippen LogP contribution in [0.3, 0.4) is 0 Å². The number of aromatic nitrogens is 2. The Balaban J connectivity index is 2.12. The highest BCUT2D eigenvalue weighted by atomic mass is 35.5. The number of hydrogen-bond donors (Lipinski definition) is 0. The van der Waals surface area contributed by atoms with Gasteiger partial charge in [-0.05, 0) is 53.9 Å². The van der Waals surface area contributed by atoms with Crippen molar-refractivity contribution in [2.75, 3.05) is 0 Å². The van der Waals surface area contributed by atoms with Crippen LogP contribution in [-0.4, -0.2) is 4.57 Å². The number of hydrogen-bond acceptors (Lipinski definition) is 0. The predicted octanol–water partition coefficient (Wildman–Crippen LogP) is 5.72. The molecule has 1 heterocycles. The first-order valence-electron chi connectivity index (χ1n) is 8.08. The molecule has 3 aromatic rings. The minimum Gasteiger partial charge on any atom is -0.219 e. The van der Waals surface area contributed by atoms with E-state index in [0.29, 0.717) is 10.3 Å². The molecule has 0 aliphatic heterocycles. The van der Waals surface area contributed by atoms with Gasteiger partial charge in [0.15, 0.2) is 0 Å². The van der Waals surface area contributed by atoms with E-state index < -0.39 is 0 Å². The van der Waals surface area contributed by atoms with Crippen LogP contribution in [0.5, 0.6) is 0 Å². The van der Waals surface area contributed by atoms with Crippen molar-refractivity contribution in [3.63, 3.8) is 0 Å². The minimum absolute atomic E-state index is 0.572. The molecule has 23 heavy (non-hydrogen) atoms. The van der Waals surface area contributed by atoms with E-state index in [2.05, 4.69) is 50.2 Å². The van der Waals surface area contributed by atoms with Gasteiger partial charge in [-0.2, -0.15) is 4.57 Å². The third kappa shape index (κ3) is 3.11. The van der Waals surface area contributed by atoms with Crippen LogP contribution in [0.4, 0.5) is 0 Å². The maximum Gasteiger partial charge on any atom is 0.260 e. The van der Waals surface area contributed by atoms with Gasteiger partial charge in [0.25, 0.3) is 16.6 Å². The summed E-state index contributed by atoms with van der Waals surface area (Å²) in [4.78, 5) is 0. The summed E-state index contributed by atoms with van der Waals surface area (Å²) in [6, 6.07) is 12.6. The highest BCUT2D eigenvalue weighted by molar-refractivity contribution is 6.40. The standard InChI is InChI=1S/C19H21Cl2N2/c1-3-4-7-12-22-13-23(19(21)18(22)20)17-14(2)10-11-15-8-5-6-9-16(15)17/h5-6,8-11,13H,3-4,7,12H2,1-2H3/q+1. The number of benzene rings is 2. The second-order valence-corrected chi connectivity index (χ2v) is 6.64. The molecule has 2 aromatic carbocycles. The van der Waals surface area contributed by atoms with Crippen LogP contribution in [-0.2, 0) is 6.54 Å². The summed E-state index contributed by atoms with van der Waals surface area (Å²) in [7, 11) is 0. The number of unbranched alkanes of at least 4 members (excludes halogenated alkanes) is 2. The highest BCUT2D eigenvalue weighted by Gasteiger charge is 2.23. The fraction of sp³-hybridized carbons (Fsp3) is 0.316. The van der Waals surface area contributed by atoms with E-state index in [1.165, 1.54) is 29.2 Å². The Hall–Kier alpha value is -1.51. The number of imidazole rings is 1. The van der Waals surface area contributed by atoms with E-state index in [4.69, 9.17) is 23.2 Å². The van der Waals surface area contributed by atoms with E-state index in [9.17, 15) is 0 Å². The summed E-state index contributed by atoms with van der Waals surface area (Å²) >= 11 is 13.0. The van der Waals surface area contributed by atoms with Crippen molar-refractivity contribution in [1.29, 1.82) is 0 Å². The molecular weight excluding hydrogens is 327 g/mol. The smallest absolute Gasteiger partial charge is 0.219 e. The summed E-state index contributed by atoms with van der Waals surface area (Å²) in [5.41, 5.74) is 2.28. The zero-order chi connectivity index (χ0) is 16.4. The van der Waals surface area contributed by atoms with Gasteiger partial charge >= 0.3 is 0 Å². The van der Waals surface area contributed by atoms with Gasteiger partial charge in [0.2, 0.25) is 0 Å². The Kier molecular flexibility index (Phi) is 4.93. The number of rotatable bonds is 5. The summed E-state index contributed by atoms with van der Waals surface area (Å²) in [5, 5.41) is 3.56. The Morgan fingerprint density at radius 2 is 1.83 bits per heavy atom. The van der Waals surface area contributed by atoms with E-state index in [1.54, 1.807) is 0 Å². The molecule has 0 aliphatic carbocycles. The van der Waals surface area contributed by atoms with E-state index >= 15 is 0 Å². The zero-order valence-corrected chi connectivity index (χ0v) is 15.0. The molecule has 0 amide bonds. The summed E-state index contributed by atoms with van der Waals surface area (Å²) in [5.74, 6) is 0.